The molecule has 98 valence electrons. The third kappa shape index (κ3) is 3.18. The van der Waals surface area contributed by atoms with Crippen LogP contribution in [0, 0.1) is 0 Å². The van der Waals surface area contributed by atoms with Crippen molar-refractivity contribution in [2.24, 2.45) is 0 Å². The Labute approximate surface area is 102 Å². The Morgan fingerprint density at radius 3 is 2.94 bits per heavy atom. The number of carbonyl (C=O) groups is 1. The van der Waals surface area contributed by atoms with Crippen LogP contribution < -0.4 is 0 Å². The summed E-state index contributed by atoms with van der Waals surface area (Å²) in [6.07, 6.45) is -2.25. The molecule has 1 amide bonds. The van der Waals surface area contributed by atoms with Crippen LogP contribution in [-0.4, -0.2) is 33.5 Å². The van der Waals surface area contributed by atoms with E-state index in [1.807, 2.05) is 0 Å². The van der Waals surface area contributed by atoms with Gasteiger partial charge < -0.3 is 4.90 Å². The fraction of sp³-hybridized carbons (Fsp3) is 0.545. The van der Waals surface area contributed by atoms with Crippen molar-refractivity contribution in [3.05, 3.63) is 23.8 Å². The van der Waals surface area contributed by atoms with E-state index < -0.39 is 24.9 Å². The number of nitrogens with zero attached hydrogens (tertiary/aromatic N) is 3. The van der Waals surface area contributed by atoms with Crippen LogP contribution in [0.25, 0.3) is 0 Å². The van der Waals surface area contributed by atoms with Crippen LogP contribution in [0.5, 0.6) is 0 Å². The Bertz CT molecular complexity index is 447. The van der Waals surface area contributed by atoms with E-state index in [9.17, 15) is 18.0 Å². The first-order chi connectivity index (χ1) is 8.46. The number of amides is 1. The molecule has 0 aliphatic carbocycles. The molecular formula is C11H12F3N3O. The van der Waals surface area contributed by atoms with E-state index >= 15 is 0 Å². The van der Waals surface area contributed by atoms with Gasteiger partial charge in [-0.15, -0.1) is 0 Å². The minimum absolute atomic E-state index is 0.298. The lowest BCUT2D eigenvalue weighted by Crippen LogP contribution is -2.36. The fourth-order valence-corrected chi connectivity index (χ4v) is 1.89. The van der Waals surface area contributed by atoms with Gasteiger partial charge in [-0.3, -0.25) is 4.79 Å². The first-order valence-corrected chi connectivity index (χ1v) is 5.58. The van der Waals surface area contributed by atoms with Crippen molar-refractivity contribution >= 4 is 5.91 Å². The highest BCUT2D eigenvalue weighted by molar-refractivity contribution is 5.76. The maximum atomic E-state index is 12.0. The van der Waals surface area contributed by atoms with Gasteiger partial charge in [0.2, 0.25) is 5.91 Å². The van der Waals surface area contributed by atoms with E-state index in [-0.39, 0.29) is 0 Å². The lowest BCUT2D eigenvalue weighted by atomic mass is 10.1. The normalized spacial score (nSPS) is 15.4. The Kier molecular flexibility index (Phi) is 3.49. The van der Waals surface area contributed by atoms with Gasteiger partial charge in [-0.1, -0.05) is 0 Å². The Balaban J connectivity index is 1.95. The molecule has 0 radical (unpaired) electrons. The van der Waals surface area contributed by atoms with Crippen molar-refractivity contribution in [3.63, 3.8) is 0 Å². The molecule has 0 saturated heterocycles. The zero-order valence-corrected chi connectivity index (χ0v) is 9.57. The lowest BCUT2D eigenvalue weighted by molar-refractivity contribution is -0.149. The Morgan fingerprint density at radius 1 is 1.44 bits per heavy atom. The van der Waals surface area contributed by atoms with E-state index in [0.29, 0.717) is 19.5 Å². The zero-order chi connectivity index (χ0) is 13.2. The van der Waals surface area contributed by atoms with Crippen LogP contribution in [0.4, 0.5) is 13.2 Å². The number of halogens is 3. The number of carbonyl (C=O) groups excluding carboxylic acids is 1. The maximum absolute atomic E-state index is 12.0. The first-order valence-electron chi connectivity index (χ1n) is 5.58. The molecule has 1 aromatic heterocycles. The van der Waals surface area contributed by atoms with E-state index in [4.69, 9.17) is 0 Å². The maximum Gasteiger partial charge on any atom is 0.389 e. The van der Waals surface area contributed by atoms with Crippen molar-refractivity contribution < 1.29 is 18.0 Å². The van der Waals surface area contributed by atoms with Gasteiger partial charge in [0.15, 0.2) is 0 Å². The molecule has 0 fully saturated rings. The predicted molar refractivity (Wildman–Crippen MR) is 56.4 cm³/mol. The molecule has 18 heavy (non-hydrogen) atoms. The molecule has 2 rings (SSSR count). The number of fused-ring (bicyclic) bond motifs is 1. The Morgan fingerprint density at radius 2 is 2.22 bits per heavy atom. The summed E-state index contributed by atoms with van der Waals surface area (Å²) in [4.78, 5) is 21.0. The van der Waals surface area contributed by atoms with E-state index in [1.165, 1.54) is 11.2 Å². The number of hydrogen-bond donors (Lipinski definition) is 0. The van der Waals surface area contributed by atoms with Gasteiger partial charge in [0, 0.05) is 37.7 Å². The van der Waals surface area contributed by atoms with Gasteiger partial charge in [0.25, 0.3) is 0 Å². The second kappa shape index (κ2) is 4.91. The molecule has 0 aromatic carbocycles. The molecular weight excluding hydrogens is 247 g/mol. The number of aromatic nitrogens is 2. The summed E-state index contributed by atoms with van der Waals surface area (Å²) in [5, 5.41) is 0. The van der Waals surface area contributed by atoms with Gasteiger partial charge in [0.05, 0.1) is 12.1 Å². The summed E-state index contributed by atoms with van der Waals surface area (Å²) in [6.45, 7) is 0.716. The Hall–Kier alpha value is -1.66. The third-order valence-electron chi connectivity index (χ3n) is 2.84. The molecule has 1 aliphatic rings. The largest absolute Gasteiger partial charge is 0.389 e. The average molecular weight is 259 g/mol. The van der Waals surface area contributed by atoms with Crippen molar-refractivity contribution in [2.45, 2.75) is 32.0 Å². The molecule has 0 saturated carbocycles. The molecule has 2 heterocycles. The van der Waals surface area contributed by atoms with E-state index in [0.717, 1.165) is 11.3 Å². The summed E-state index contributed by atoms with van der Waals surface area (Å²) in [7, 11) is 0. The molecule has 0 N–H and O–H groups in total. The smallest absolute Gasteiger partial charge is 0.338 e. The minimum Gasteiger partial charge on any atom is -0.338 e. The van der Waals surface area contributed by atoms with Crippen LogP contribution >= 0.6 is 0 Å². The monoisotopic (exact) mass is 259 g/mol. The number of alkyl halides is 3. The van der Waals surface area contributed by atoms with Crippen LogP contribution in [0.2, 0.25) is 0 Å². The molecule has 4 nitrogen and oxygen atoms in total. The van der Waals surface area contributed by atoms with Crippen LogP contribution in [-0.2, 0) is 17.8 Å². The van der Waals surface area contributed by atoms with Crippen LogP contribution in [0.1, 0.15) is 24.1 Å². The van der Waals surface area contributed by atoms with Crippen molar-refractivity contribution in [1.29, 1.82) is 0 Å². The van der Waals surface area contributed by atoms with Crippen LogP contribution in [0.15, 0.2) is 12.5 Å². The third-order valence-corrected chi connectivity index (χ3v) is 2.84. The zero-order valence-electron chi connectivity index (χ0n) is 9.57. The van der Waals surface area contributed by atoms with Gasteiger partial charge in [-0.25, -0.2) is 9.97 Å². The highest BCUT2D eigenvalue weighted by atomic mass is 19.4. The fourth-order valence-electron chi connectivity index (χ4n) is 1.89. The topological polar surface area (TPSA) is 46.1 Å². The molecule has 0 bridgehead atoms. The summed E-state index contributed by atoms with van der Waals surface area (Å²) in [5.41, 5.74) is 1.67. The van der Waals surface area contributed by atoms with Crippen molar-refractivity contribution in [2.75, 3.05) is 6.54 Å². The lowest BCUT2D eigenvalue weighted by Gasteiger charge is -2.28. The minimum atomic E-state index is -4.29. The molecule has 7 heteroatoms. The SMILES string of the molecule is O=C(CCC(F)(F)F)N1CCc2ncncc2C1. The number of rotatable bonds is 2. The quantitative estimate of drug-likeness (QED) is 0.812. The van der Waals surface area contributed by atoms with Gasteiger partial charge in [-0.05, 0) is 0 Å². The van der Waals surface area contributed by atoms with E-state index in [2.05, 4.69) is 9.97 Å². The predicted octanol–water partition coefficient (Wildman–Crippen LogP) is 1.70. The summed E-state index contributed by atoms with van der Waals surface area (Å²) >= 11 is 0. The number of hydrogen-bond acceptors (Lipinski definition) is 3. The summed E-state index contributed by atoms with van der Waals surface area (Å²) < 4.78 is 36.1. The highest BCUT2D eigenvalue weighted by Crippen LogP contribution is 2.23. The second-order valence-corrected chi connectivity index (χ2v) is 4.18. The first kappa shape index (κ1) is 12.8. The highest BCUT2D eigenvalue weighted by Gasteiger charge is 2.30. The van der Waals surface area contributed by atoms with Gasteiger partial charge in [-0.2, -0.15) is 13.2 Å². The van der Waals surface area contributed by atoms with Gasteiger partial charge >= 0.3 is 6.18 Å². The standard InChI is InChI=1S/C11H12F3N3O/c12-11(13,14)3-1-10(18)17-4-2-9-8(6-17)5-15-7-16-9/h5,7H,1-4,6H2. The second-order valence-electron chi connectivity index (χ2n) is 4.18. The molecule has 0 spiro atoms. The molecule has 1 aliphatic heterocycles. The molecule has 0 atom stereocenters. The average Bonchev–Trinajstić information content (AvgIpc) is 2.34. The summed E-state index contributed by atoms with van der Waals surface area (Å²) in [6, 6.07) is 0. The van der Waals surface area contributed by atoms with Gasteiger partial charge in [0.1, 0.15) is 6.33 Å². The van der Waals surface area contributed by atoms with Crippen LogP contribution in [0.3, 0.4) is 0 Å². The molecule has 1 aromatic rings. The molecule has 0 unspecified atom stereocenters. The van der Waals surface area contributed by atoms with Crippen molar-refractivity contribution in [1.82, 2.24) is 14.9 Å². The summed E-state index contributed by atoms with van der Waals surface area (Å²) in [5.74, 6) is -0.471. The van der Waals surface area contributed by atoms with Crippen molar-refractivity contribution in [3.8, 4) is 0 Å². The van der Waals surface area contributed by atoms with E-state index in [1.54, 1.807) is 6.20 Å².